The lowest BCUT2D eigenvalue weighted by atomic mass is 10.3. The monoisotopic (exact) mass is 390 g/mol. The molecule has 0 bridgehead atoms. The second kappa shape index (κ2) is 6.01. The maximum Gasteiger partial charge on any atom is 0.433 e. The minimum absolute atomic E-state index is 0.0402. The molecule has 0 unspecified atom stereocenters. The van der Waals surface area contributed by atoms with E-state index in [-0.39, 0.29) is 23.0 Å². The van der Waals surface area contributed by atoms with Crippen LogP contribution in [0.3, 0.4) is 0 Å². The Morgan fingerprint density at radius 1 is 1.11 bits per heavy atom. The molecule has 144 valence electrons. The number of halogens is 3. The van der Waals surface area contributed by atoms with Crippen molar-refractivity contribution in [2.24, 2.45) is 0 Å². The highest BCUT2D eigenvalue weighted by atomic mass is 19.4. The molecule has 0 radical (unpaired) electrons. The number of hydrogen-bond acceptors (Lipinski definition) is 6. The normalized spacial score (nSPS) is 12.1. The van der Waals surface area contributed by atoms with Gasteiger partial charge in [0.1, 0.15) is 11.5 Å². The molecular weight excluding hydrogens is 377 g/mol. The third kappa shape index (κ3) is 3.04. The quantitative estimate of drug-likeness (QED) is 0.563. The van der Waals surface area contributed by atoms with Crippen molar-refractivity contribution in [3.63, 3.8) is 0 Å². The van der Waals surface area contributed by atoms with Gasteiger partial charge in [-0.3, -0.25) is 10.1 Å². The molecule has 0 spiro atoms. The Morgan fingerprint density at radius 2 is 1.86 bits per heavy atom. The summed E-state index contributed by atoms with van der Waals surface area (Å²) in [6.07, 6.45) is -4.64. The molecule has 4 rings (SSSR count). The van der Waals surface area contributed by atoms with Gasteiger partial charge in [0.25, 0.3) is 5.91 Å². The molecule has 0 aromatic carbocycles. The fraction of sp³-hybridized carbons (Fsp3) is 0.235. The zero-order valence-corrected chi connectivity index (χ0v) is 14.9. The fourth-order valence-corrected chi connectivity index (χ4v) is 2.82. The van der Waals surface area contributed by atoms with Gasteiger partial charge in [-0.25, -0.2) is 14.5 Å². The van der Waals surface area contributed by atoms with Crippen molar-refractivity contribution in [3.8, 4) is 0 Å². The molecule has 0 aliphatic heterocycles. The fourth-order valence-electron chi connectivity index (χ4n) is 2.82. The summed E-state index contributed by atoms with van der Waals surface area (Å²) < 4.78 is 45.7. The van der Waals surface area contributed by atoms with Crippen LogP contribution >= 0.6 is 0 Å². The van der Waals surface area contributed by atoms with Crippen LogP contribution in [-0.2, 0) is 6.18 Å². The van der Waals surface area contributed by atoms with Crippen LogP contribution in [0.25, 0.3) is 16.7 Å². The summed E-state index contributed by atoms with van der Waals surface area (Å²) in [5, 5.41) is 6.88. The SMILES string of the molecule is Cc1cc(C(F)(F)F)n2nc(C(=O)Nc3nc(C)c4cc(C)oc4n3)cc2n1. The molecule has 4 aromatic rings. The van der Waals surface area contributed by atoms with Gasteiger partial charge in [0.15, 0.2) is 11.3 Å². The second-order valence-electron chi connectivity index (χ2n) is 6.24. The first-order valence-electron chi connectivity index (χ1n) is 8.12. The Labute approximate surface area is 155 Å². The van der Waals surface area contributed by atoms with Crippen molar-refractivity contribution in [1.82, 2.24) is 24.6 Å². The highest BCUT2D eigenvalue weighted by molar-refractivity contribution is 6.02. The average Bonchev–Trinajstić information content (AvgIpc) is 3.16. The molecule has 1 N–H and O–H groups in total. The lowest BCUT2D eigenvalue weighted by Crippen LogP contribution is -2.17. The third-order valence-corrected chi connectivity index (χ3v) is 4.01. The van der Waals surface area contributed by atoms with E-state index in [0.717, 1.165) is 6.07 Å². The molecule has 0 aliphatic carbocycles. The van der Waals surface area contributed by atoms with Crippen LogP contribution in [0.1, 0.15) is 33.3 Å². The zero-order valence-electron chi connectivity index (χ0n) is 14.9. The Hall–Kier alpha value is -3.50. The molecule has 28 heavy (non-hydrogen) atoms. The Balaban J connectivity index is 1.71. The summed E-state index contributed by atoms with van der Waals surface area (Å²) in [4.78, 5) is 24.7. The third-order valence-electron chi connectivity index (χ3n) is 4.01. The molecule has 0 saturated heterocycles. The summed E-state index contributed by atoms with van der Waals surface area (Å²) in [6, 6.07) is 3.80. The molecule has 0 saturated carbocycles. The van der Waals surface area contributed by atoms with E-state index < -0.39 is 17.8 Å². The number of aryl methyl sites for hydroxylation is 3. The highest BCUT2D eigenvalue weighted by Gasteiger charge is 2.35. The minimum Gasteiger partial charge on any atom is -0.443 e. The van der Waals surface area contributed by atoms with Crippen molar-refractivity contribution < 1.29 is 22.4 Å². The van der Waals surface area contributed by atoms with Gasteiger partial charge < -0.3 is 4.42 Å². The van der Waals surface area contributed by atoms with Gasteiger partial charge in [-0.15, -0.1) is 0 Å². The summed E-state index contributed by atoms with van der Waals surface area (Å²) in [5.74, 6) is -0.169. The first kappa shape index (κ1) is 17.9. The number of carbonyl (C=O) groups excluding carboxylic acids is 1. The minimum atomic E-state index is -4.64. The van der Waals surface area contributed by atoms with Crippen LogP contribution in [0, 0.1) is 20.8 Å². The maximum atomic E-state index is 13.2. The highest BCUT2D eigenvalue weighted by Crippen LogP contribution is 2.30. The number of rotatable bonds is 2. The number of anilines is 1. The zero-order chi connectivity index (χ0) is 20.2. The average molecular weight is 390 g/mol. The predicted octanol–water partition coefficient (Wildman–Crippen LogP) is 3.46. The van der Waals surface area contributed by atoms with Crippen molar-refractivity contribution >= 4 is 28.6 Å². The van der Waals surface area contributed by atoms with Gasteiger partial charge in [0.05, 0.1) is 11.1 Å². The van der Waals surface area contributed by atoms with Gasteiger partial charge in [0.2, 0.25) is 11.7 Å². The van der Waals surface area contributed by atoms with E-state index in [9.17, 15) is 18.0 Å². The predicted molar refractivity (Wildman–Crippen MR) is 92.0 cm³/mol. The molecule has 0 aliphatic rings. The molecule has 4 heterocycles. The topological polar surface area (TPSA) is 98.2 Å². The van der Waals surface area contributed by atoms with Gasteiger partial charge in [-0.2, -0.15) is 23.3 Å². The van der Waals surface area contributed by atoms with Crippen LogP contribution in [0.5, 0.6) is 0 Å². The number of hydrogen-bond donors (Lipinski definition) is 1. The summed E-state index contributed by atoms with van der Waals surface area (Å²) >= 11 is 0. The van der Waals surface area contributed by atoms with Crippen molar-refractivity contribution in [3.05, 3.63) is 46.7 Å². The number of amides is 1. The first-order valence-corrected chi connectivity index (χ1v) is 8.12. The lowest BCUT2D eigenvalue weighted by molar-refractivity contribution is -0.142. The van der Waals surface area contributed by atoms with Gasteiger partial charge in [-0.1, -0.05) is 0 Å². The molecular formula is C17H13F3N6O2. The summed E-state index contributed by atoms with van der Waals surface area (Å²) in [6.45, 7) is 4.91. The van der Waals surface area contributed by atoms with Gasteiger partial charge >= 0.3 is 6.18 Å². The molecule has 11 heteroatoms. The summed E-state index contributed by atoms with van der Waals surface area (Å²) in [5.41, 5.74) is -0.319. The van der Waals surface area contributed by atoms with E-state index in [4.69, 9.17) is 4.42 Å². The Kier molecular flexibility index (Phi) is 3.84. The first-order chi connectivity index (χ1) is 13.1. The van der Waals surface area contributed by atoms with E-state index in [0.29, 0.717) is 27.1 Å². The standard InChI is InChI=1S/C17H13F3N6O2/c1-7-4-12(17(18,19)20)26-13(21-7)6-11(25-26)14(27)23-16-22-9(3)10-5-8(2)28-15(10)24-16/h4-6H,1-3H3,(H,22,23,24,27). The van der Waals surface area contributed by atoms with E-state index in [1.807, 2.05) is 0 Å². The number of fused-ring (bicyclic) bond motifs is 2. The molecule has 8 nitrogen and oxygen atoms in total. The Morgan fingerprint density at radius 3 is 2.57 bits per heavy atom. The van der Waals surface area contributed by atoms with Crippen LogP contribution in [0.2, 0.25) is 0 Å². The number of carbonyl (C=O) groups is 1. The van der Waals surface area contributed by atoms with Gasteiger partial charge in [0, 0.05) is 11.8 Å². The van der Waals surface area contributed by atoms with Crippen LogP contribution in [0.4, 0.5) is 19.1 Å². The van der Waals surface area contributed by atoms with Crippen molar-refractivity contribution in [1.29, 1.82) is 0 Å². The van der Waals surface area contributed by atoms with E-state index in [1.165, 1.54) is 13.0 Å². The number of nitrogens with zero attached hydrogens (tertiary/aromatic N) is 5. The van der Waals surface area contributed by atoms with Crippen molar-refractivity contribution in [2.75, 3.05) is 5.32 Å². The van der Waals surface area contributed by atoms with Crippen LogP contribution < -0.4 is 5.32 Å². The number of furan rings is 1. The number of aromatic nitrogens is 5. The van der Waals surface area contributed by atoms with E-state index in [1.54, 1.807) is 19.9 Å². The maximum absolute atomic E-state index is 13.2. The van der Waals surface area contributed by atoms with Gasteiger partial charge in [-0.05, 0) is 32.9 Å². The van der Waals surface area contributed by atoms with E-state index >= 15 is 0 Å². The van der Waals surface area contributed by atoms with Crippen LogP contribution in [-0.4, -0.2) is 30.5 Å². The number of nitrogens with one attached hydrogen (secondary N) is 1. The van der Waals surface area contributed by atoms with Crippen LogP contribution in [0.15, 0.2) is 22.6 Å². The van der Waals surface area contributed by atoms with Crippen molar-refractivity contribution in [2.45, 2.75) is 26.9 Å². The second-order valence-corrected chi connectivity index (χ2v) is 6.24. The molecule has 0 fully saturated rings. The summed E-state index contributed by atoms with van der Waals surface area (Å²) in [7, 11) is 0. The number of alkyl halides is 3. The molecule has 0 atom stereocenters. The molecule has 4 aromatic heterocycles. The molecule has 1 amide bonds. The Bertz CT molecular complexity index is 1240. The largest absolute Gasteiger partial charge is 0.443 e. The smallest absolute Gasteiger partial charge is 0.433 e. The van der Waals surface area contributed by atoms with E-state index in [2.05, 4.69) is 25.4 Å². The lowest BCUT2D eigenvalue weighted by Gasteiger charge is -2.09.